The summed E-state index contributed by atoms with van der Waals surface area (Å²) in [4.78, 5) is 20.1. The van der Waals surface area contributed by atoms with Gasteiger partial charge in [0.1, 0.15) is 0 Å². The molecule has 1 N–H and O–H groups in total. The Balaban J connectivity index is 1.49. The number of piperidine rings is 1. The molecular weight excluding hydrogens is 296 g/mol. The molecule has 3 heterocycles. The molecular formula is C16H22N4OS. The summed E-state index contributed by atoms with van der Waals surface area (Å²) in [5.41, 5.74) is 1.15. The zero-order chi connectivity index (χ0) is 15.5. The highest BCUT2D eigenvalue weighted by Gasteiger charge is 2.22. The summed E-state index contributed by atoms with van der Waals surface area (Å²) in [5, 5.41) is 5.22. The highest BCUT2D eigenvalue weighted by Crippen LogP contribution is 2.18. The first-order valence-corrected chi connectivity index (χ1v) is 8.56. The summed E-state index contributed by atoms with van der Waals surface area (Å²) < 4.78 is 2.04. The number of imidazole rings is 1. The van der Waals surface area contributed by atoms with Crippen molar-refractivity contribution >= 4 is 23.2 Å². The fraction of sp³-hybridized carbons (Fsp3) is 0.500. The highest BCUT2D eigenvalue weighted by atomic mass is 32.1. The van der Waals surface area contributed by atoms with Crippen LogP contribution in [0, 0.1) is 6.92 Å². The molecule has 3 rings (SSSR count). The topological polar surface area (TPSA) is 50.2 Å². The van der Waals surface area contributed by atoms with Crippen molar-refractivity contribution in [1.82, 2.24) is 14.9 Å². The maximum absolute atomic E-state index is 12.2. The molecule has 0 aromatic carbocycles. The van der Waals surface area contributed by atoms with Gasteiger partial charge >= 0.3 is 0 Å². The number of anilines is 1. The zero-order valence-corrected chi connectivity index (χ0v) is 13.9. The SMILES string of the molecule is Cc1sccc1CC(=O)NC1CCN(c2nccn2C)CC1. The first-order valence-electron chi connectivity index (χ1n) is 7.68. The third kappa shape index (κ3) is 3.32. The Kier molecular flexibility index (Phi) is 4.47. The van der Waals surface area contributed by atoms with Gasteiger partial charge in [0.05, 0.1) is 6.42 Å². The molecule has 0 spiro atoms. The molecule has 1 saturated heterocycles. The molecule has 0 radical (unpaired) electrons. The molecule has 2 aromatic rings. The average molecular weight is 318 g/mol. The minimum Gasteiger partial charge on any atom is -0.353 e. The lowest BCUT2D eigenvalue weighted by molar-refractivity contribution is -0.121. The second kappa shape index (κ2) is 6.52. The molecule has 1 amide bonds. The monoisotopic (exact) mass is 318 g/mol. The Morgan fingerprint density at radius 1 is 1.45 bits per heavy atom. The lowest BCUT2D eigenvalue weighted by atomic mass is 10.0. The van der Waals surface area contributed by atoms with Crippen molar-refractivity contribution in [3.05, 3.63) is 34.3 Å². The van der Waals surface area contributed by atoms with E-state index in [4.69, 9.17) is 0 Å². The number of thiophene rings is 1. The van der Waals surface area contributed by atoms with Crippen LogP contribution in [0.3, 0.4) is 0 Å². The molecule has 0 saturated carbocycles. The number of hydrogen-bond acceptors (Lipinski definition) is 4. The standard InChI is InChI=1S/C16H22N4OS/c1-12-13(5-10-22-12)11-15(21)18-14-3-7-20(8-4-14)16-17-6-9-19(16)2/h5-6,9-10,14H,3-4,7-8,11H2,1-2H3,(H,18,21). The van der Waals surface area contributed by atoms with Crippen LogP contribution in [0.2, 0.25) is 0 Å². The third-order valence-corrected chi connectivity index (χ3v) is 5.14. The van der Waals surface area contributed by atoms with Crippen LogP contribution in [-0.4, -0.2) is 34.6 Å². The van der Waals surface area contributed by atoms with Crippen LogP contribution in [0.1, 0.15) is 23.3 Å². The molecule has 5 nitrogen and oxygen atoms in total. The maximum atomic E-state index is 12.2. The van der Waals surface area contributed by atoms with Crippen molar-refractivity contribution in [2.45, 2.75) is 32.2 Å². The predicted molar refractivity (Wildman–Crippen MR) is 89.3 cm³/mol. The molecule has 1 aliphatic rings. The third-order valence-electron chi connectivity index (χ3n) is 4.26. The maximum Gasteiger partial charge on any atom is 0.224 e. The Labute approximate surface area is 135 Å². The van der Waals surface area contributed by atoms with E-state index in [0.29, 0.717) is 6.42 Å². The number of carbonyl (C=O) groups excluding carboxylic acids is 1. The van der Waals surface area contributed by atoms with E-state index in [-0.39, 0.29) is 11.9 Å². The van der Waals surface area contributed by atoms with Crippen LogP contribution in [0.15, 0.2) is 23.8 Å². The van der Waals surface area contributed by atoms with Gasteiger partial charge in [-0.15, -0.1) is 11.3 Å². The van der Waals surface area contributed by atoms with Gasteiger partial charge in [-0.3, -0.25) is 4.79 Å². The molecule has 6 heteroatoms. The van der Waals surface area contributed by atoms with Gasteiger partial charge in [0, 0.05) is 43.4 Å². The number of nitrogens with one attached hydrogen (secondary N) is 1. The summed E-state index contributed by atoms with van der Waals surface area (Å²) in [5.74, 6) is 1.15. The van der Waals surface area contributed by atoms with Crippen LogP contribution >= 0.6 is 11.3 Å². The Morgan fingerprint density at radius 3 is 2.82 bits per heavy atom. The van der Waals surface area contributed by atoms with Gasteiger partial charge in [0.15, 0.2) is 0 Å². The van der Waals surface area contributed by atoms with Crippen molar-refractivity contribution in [3.8, 4) is 0 Å². The Morgan fingerprint density at radius 2 is 2.23 bits per heavy atom. The molecule has 118 valence electrons. The van der Waals surface area contributed by atoms with Crippen molar-refractivity contribution < 1.29 is 4.79 Å². The van der Waals surface area contributed by atoms with Gasteiger partial charge in [-0.2, -0.15) is 0 Å². The first kappa shape index (κ1) is 15.1. The molecule has 1 fully saturated rings. The zero-order valence-electron chi connectivity index (χ0n) is 13.1. The Bertz CT molecular complexity index is 640. The van der Waals surface area contributed by atoms with E-state index < -0.39 is 0 Å². The van der Waals surface area contributed by atoms with Crippen molar-refractivity contribution in [1.29, 1.82) is 0 Å². The average Bonchev–Trinajstić information content (AvgIpc) is 3.09. The van der Waals surface area contributed by atoms with Gasteiger partial charge in [-0.25, -0.2) is 4.98 Å². The normalized spacial score (nSPS) is 16.0. The molecule has 0 atom stereocenters. The molecule has 0 bridgehead atoms. The van der Waals surface area contributed by atoms with Crippen molar-refractivity contribution in [2.24, 2.45) is 7.05 Å². The smallest absolute Gasteiger partial charge is 0.224 e. The minimum atomic E-state index is 0.136. The van der Waals surface area contributed by atoms with E-state index in [1.54, 1.807) is 11.3 Å². The summed E-state index contributed by atoms with van der Waals surface area (Å²) in [6.07, 6.45) is 6.23. The second-order valence-electron chi connectivity index (χ2n) is 5.85. The van der Waals surface area contributed by atoms with E-state index in [1.165, 1.54) is 4.88 Å². The van der Waals surface area contributed by atoms with E-state index in [0.717, 1.165) is 37.4 Å². The second-order valence-corrected chi connectivity index (χ2v) is 6.97. The predicted octanol–water partition coefficient (Wildman–Crippen LogP) is 2.12. The quantitative estimate of drug-likeness (QED) is 0.939. The number of rotatable bonds is 4. The van der Waals surface area contributed by atoms with Crippen LogP contribution in [0.4, 0.5) is 5.95 Å². The number of aromatic nitrogens is 2. The fourth-order valence-corrected chi connectivity index (χ4v) is 3.66. The van der Waals surface area contributed by atoms with E-state index >= 15 is 0 Å². The molecule has 0 unspecified atom stereocenters. The number of hydrogen-bond donors (Lipinski definition) is 1. The van der Waals surface area contributed by atoms with Crippen molar-refractivity contribution in [3.63, 3.8) is 0 Å². The number of nitrogens with zero attached hydrogens (tertiary/aromatic N) is 3. The van der Waals surface area contributed by atoms with Gasteiger partial charge in [-0.05, 0) is 36.8 Å². The number of carbonyl (C=O) groups is 1. The van der Waals surface area contributed by atoms with Crippen LogP contribution in [0.25, 0.3) is 0 Å². The Hall–Kier alpha value is -1.82. The summed E-state index contributed by atoms with van der Waals surface area (Å²) in [7, 11) is 2.01. The van der Waals surface area contributed by atoms with E-state index in [2.05, 4.69) is 22.1 Å². The molecule has 1 aliphatic heterocycles. The molecule has 22 heavy (non-hydrogen) atoms. The van der Waals surface area contributed by atoms with Gasteiger partial charge in [-0.1, -0.05) is 0 Å². The minimum absolute atomic E-state index is 0.136. The van der Waals surface area contributed by atoms with Gasteiger partial charge < -0.3 is 14.8 Å². The lowest BCUT2D eigenvalue weighted by Gasteiger charge is -2.33. The fourth-order valence-electron chi connectivity index (χ4n) is 2.93. The van der Waals surface area contributed by atoms with Crippen molar-refractivity contribution in [2.75, 3.05) is 18.0 Å². The van der Waals surface area contributed by atoms with Crippen LogP contribution in [-0.2, 0) is 18.3 Å². The summed E-state index contributed by atoms with van der Waals surface area (Å²) >= 11 is 1.70. The van der Waals surface area contributed by atoms with E-state index in [1.807, 2.05) is 35.5 Å². The molecule has 0 aliphatic carbocycles. The van der Waals surface area contributed by atoms with Crippen LogP contribution < -0.4 is 10.2 Å². The first-order chi connectivity index (χ1) is 10.6. The number of amides is 1. The summed E-state index contributed by atoms with van der Waals surface area (Å²) in [6.45, 7) is 3.94. The van der Waals surface area contributed by atoms with Gasteiger partial charge in [0.2, 0.25) is 11.9 Å². The van der Waals surface area contributed by atoms with E-state index in [9.17, 15) is 4.79 Å². The summed E-state index contributed by atoms with van der Waals surface area (Å²) in [6, 6.07) is 2.33. The van der Waals surface area contributed by atoms with Crippen LogP contribution in [0.5, 0.6) is 0 Å². The number of aryl methyl sites for hydroxylation is 2. The lowest BCUT2D eigenvalue weighted by Crippen LogP contribution is -2.45. The highest BCUT2D eigenvalue weighted by molar-refractivity contribution is 7.10. The molecule has 2 aromatic heterocycles. The largest absolute Gasteiger partial charge is 0.353 e. The van der Waals surface area contributed by atoms with Gasteiger partial charge in [0.25, 0.3) is 0 Å².